The number of nitrogens with zero attached hydrogens (tertiary/aromatic N) is 1. The van der Waals surface area contributed by atoms with E-state index in [4.69, 9.17) is 5.73 Å². The van der Waals surface area contributed by atoms with Crippen LogP contribution in [0.3, 0.4) is 0 Å². The number of carbonyl (C=O) groups excluding carboxylic acids is 1. The smallest absolute Gasteiger partial charge is 0.223 e. The van der Waals surface area contributed by atoms with E-state index in [9.17, 15) is 9.18 Å². The second-order valence-corrected chi connectivity index (χ2v) is 5.79. The number of rotatable bonds is 3. The highest BCUT2D eigenvalue weighted by molar-refractivity contribution is 5.78. The molecule has 0 spiro atoms. The number of benzene rings is 1. The molecule has 3 nitrogen and oxygen atoms in total. The summed E-state index contributed by atoms with van der Waals surface area (Å²) in [5, 5.41) is 0. The molecule has 1 unspecified atom stereocenters. The van der Waals surface area contributed by atoms with E-state index in [1.807, 2.05) is 0 Å². The molecule has 1 aliphatic rings. The molecule has 0 aromatic heterocycles. The molecule has 2 N–H and O–H groups in total. The Hall–Kier alpha value is -1.86. The van der Waals surface area contributed by atoms with Crippen LogP contribution in [0.5, 0.6) is 0 Å². The average Bonchev–Trinajstić information content (AvgIpc) is 2.81. The first-order valence-electron chi connectivity index (χ1n) is 7.26. The molecule has 0 bridgehead atoms. The molecular formula is C17H21FN2O. The Bertz CT molecular complexity index is 586. The van der Waals surface area contributed by atoms with Crippen molar-refractivity contribution in [3.8, 4) is 11.8 Å². The summed E-state index contributed by atoms with van der Waals surface area (Å²) >= 11 is 0. The Morgan fingerprint density at radius 1 is 1.48 bits per heavy atom. The number of nitrogens with two attached hydrogens (primary N) is 1. The number of carbonyl (C=O) groups is 1. The van der Waals surface area contributed by atoms with Gasteiger partial charge in [0.1, 0.15) is 5.82 Å². The molecule has 1 fully saturated rings. The SMILES string of the molecule is CC(C)C1CC(=O)N(Cc2ccc(C#CCN)cc2F)C1. The van der Waals surface area contributed by atoms with Gasteiger partial charge in [-0.15, -0.1) is 0 Å². The van der Waals surface area contributed by atoms with Crippen LogP contribution in [0.4, 0.5) is 4.39 Å². The van der Waals surface area contributed by atoms with Gasteiger partial charge in [0.15, 0.2) is 0 Å². The number of hydrogen-bond donors (Lipinski definition) is 1. The zero-order chi connectivity index (χ0) is 15.4. The maximum atomic E-state index is 14.1. The average molecular weight is 288 g/mol. The molecule has 2 rings (SSSR count). The van der Waals surface area contributed by atoms with Gasteiger partial charge >= 0.3 is 0 Å². The summed E-state index contributed by atoms with van der Waals surface area (Å²) < 4.78 is 14.1. The van der Waals surface area contributed by atoms with Crippen molar-refractivity contribution >= 4 is 5.91 Å². The third-order valence-corrected chi connectivity index (χ3v) is 3.94. The Morgan fingerprint density at radius 3 is 2.81 bits per heavy atom. The molecule has 21 heavy (non-hydrogen) atoms. The normalized spacial score (nSPS) is 18.0. The van der Waals surface area contributed by atoms with Crippen molar-refractivity contribution in [1.29, 1.82) is 0 Å². The molecule has 0 aliphatic carbocycles. The molecule has 112 valence electrons. The first kappa shape index (κ1) is 15.5. The summed E-state index contributed by atoms with van der Waals surface area (Å²) in [6.07, 6.45) is 0.569. The minimum Gasteiger partial charge on any atom is -0.338 e. The fourth-order valence-electron chi connectivity index (χ4n) is 2.51. The van der Waals surface area contributed by atoms with Crippen molar-refractivity contribution in [2.24, 2.45) is 17.6 Å². The van der Waals surface area contributed by atoms with Gasteiger partial charge in [-0.05, 0) is 24.0 Å². The number of amides is 1. The molecule has 4 heteroatoms. The van der Waals surface area contributed by atoms with E-state index in [-0.39, 0.29) is 18.3 Å². The Balaban J connectivity index is 2.08. The molecule has 1 saturated heterocycles. The second kappa shape index (κ2) is 6.73. The van der Waals surface area contributed by atoms with Gasteiger partial charge in [0.2, 0.25) is 5.91 Å². The van der Waals surface area contributed by atoms with E-state index in [2.05, 4.69) is 25.7 Å². The molecule has 1 aromatic rings. The zero-order valence-electron chi connectivity index (χ0n) is 12.5. The Kier molecular flexibility index (Phi) is 4.98. The maximum Gasteiger partial charge on any atom is 0.223 e. The van der Waals surface area contributed by atoms with Crippen molar-refractivity contribution in [2.45, 2.75) is 26.8 Å². The lowest BCUT2D eigenvalue weighted by Gasteiger charge is -2.18. The van der Waals surface area contributed by atoms with Crippen LogP contribution in [0.15, 0.2) is 18.2 Å². The maximum absolute atomic E-state index is 14.1. The predicted octanol–water partition coefficient (Wildman–Crippen LogP) is 2.14. The lowest BCUT2D eigenvalue weighted by molar-refractivity contribution is -0.128. The van der Waals surface area contributed by atoms with Crippen LogP contribution < -0.4 is 5.73 Å². The molecule has 0 saturated carbocycles. The Morgan fingerprint density at radius 2 is 2.24 bits per heavy atom. The lowest BCUT2D eigenvalue weighted by Crippen LogP contribution is -2.25. The first-order chi connectivity index (χ1) is 10.0. The zero-order valence-corrected chi connectivity index (χ0v) is 12.5. The summed E-state index contributed by atoms with van der Waals surface area (Å²) in [5.41, 5.74) is 6.43. The van der Waals surface area contributed by atoms with Crippen molar-refractivity contribution in [3.63, 3.8) is 0 Å². The summed E-state index contributed by atoms with van der Waals surface area (Å²) in [4.78, 5) is 13.7. The second-order valence-electron chi connectivity index (χ2n) is 5.79. The van der Waals surface area contributed by atoms with Gasteiger partial charge in [-0.3, -0.25) is 4.79 Å². The van der Waals surface area contributed by atoms with E-state index in [0.717, 1.165) is 0 Å². The van der Waals surface area contributed by atoms with Crippen molar-refractivity contribution < 1.29 is 9.18 Å². The number of hydrogen-bond acceptors (Lipinski definition) is 2. The third-order valence-electron chi connectivity index (χ3n) is 3.94. The molecule has 0 radical (unpaired) electrons. The monoisotopic (exact) mass is 288 g/mol. The molecule has 1 atom stereocenters. The van der Waals surface area contributed by atoms with E-state index >= 15 is 0 Å². The summed E-state index contributed by atoms with van der Waals surface area (Å²) in [6.45, 7) is 5.53. The van der Waals surface area contributed by atoms with Crippen LogP contribution in [0.1, 0.15) is 31.4 Å². The van der Waals surface area contributed by atoms with E-state index in [0.29, 0.717) is 42.5 Å². The quantitative estimate of drug-likeness (QED) is 0.866. The van der Waals surface area contributed by atoms with Crippen LogP contribution in [0, 0.1) is 29.5 Å². The first-order valence-corrected chi connectivity index (χ1v) is 7.26. The van der Waals surface area contributed by atoms with Crippen LogP contribution in [-0.2, 0) is 11.3 Å². The van der Waals surface area contributed by atoms with Crippen molar-refractivity contribution in [3.05, 3.63) is 35.1 Å². The highest BCUT2D eigenvalue weighted by Crippen LogP contribution is 2.26. The molecule has 1 aromatic carbocycles. The van der Waals surface area contributed by atoms with Crippen molar-refractivity contribution in [2.75, 3.05) is 13.1 Å². The van der Waals surface area contributed by atoms with Gasteiger partial charge in [-0.2, -0.15) is 0 Å². The topological polar surface area (TPSA) is 46.3 Å². The largest absolute Gasteiger partial charge is 0.338 e. The van der Waals surface area contributed by atoms with Gasteiger partial charge < -0.3 is 10.6 Å². The number of likely N-dealkylation sites (tertiary alicyclic amines) is 1. The highest BCUT2D eigenvalue weighted by atomic mass is 19.1. The van der Waals surface area contributed by atoms with E-state index in [1.165, 1.54) is 6.07 Å². The van der Waals surface area contributed by atoms with Crippen LogP contribution in [0.25, 0.3) is 0 Å². The van der Waals surface area contributed by atoms with Crippen LogP contribution in [-0.4, -0.2) is 23.9 Å². The number of halogens is 1. The molecule has 1 heterocycles. The van der Waals surface area contributed by atoms with Gasteiger partial charge in [0, 0.05) is 30.6 Å². The fraction of sp³-hybridized carbons (Fsp3) is 0.471. The standard InChI is InChI=1S/C17H21FN2O/c1-12(2)15-9-17(21)20(11-15)10-14-6-5-13(4-3-7-19)8-16(14)18/h5-6,8,12,15H,7,9-11,19H2,1-2H3. The summed E-state index contributed by atoms with van der Waals surface area (Å²) in [7, 11) is 0. The summed E-state index contributed by atoms with van der Waals surface area (Å²) in [6, 6.07) is 4.87. The molecule has 1 aliphatic heterocycles. The van der Waals surface area contributed by atoms with Gasteiger partial charge in [0.25, 0.3) is 0 Å². The minimum atomic E-state index is -0.320. The van der Waals surface area contributed by atoms with Gasteiger partial charge in [0.05, 0.1) is 6.54 Å². The Labute approximate surface area is 125 Å². The van der Waals surface area contributed by atoms with E-state index in [1.54, 1.807) is 17.0 Å². The highest BCUT2D eigenvalue weighted by Gasteiger charge is 2.31. The van der Waals surface area contributed by atoms with Crippen LogP contribution >= 0.6 is 0 Å². The summed E-state index contributed by atoms with van der Waals surface area (Å²) in [5.74, 6) is 6.13. The molecular weight excluding hydrogens is 267 g/mol. The van der Waals surface area contributed by atoms with Crippen molar-refractivity contribution in [1.82, 2.24) is 4.90 Å². The fourth-order valence-corrected chi connectivity index (χ4v) is 2.51. The molecule has 1 amide bonds. The van der Waals surface area contributed by atoms with Crippen LogP contribution in [0.2, 0.25) is 0 Å². The predicted molar refractivity (Wildman–Crippen MR) is 80.7 cm³/mol. The van der Waals surface area contributed by atoms with Gasteiger partial charge in [-0.25, -0.2) is 4.39 Å². The van der Waals surface area contributed by atoms with E-state index < -0.39 is 0 Å². The van der Waals surface area contributed by atoms with Gasteiger partial charge in [-0.1, -0.05) is 31.8 Å². The lowest BCUT2D eigenvalue weighted by atomic mass is 9.95. The minimum absolute atomic E-state index is 0.111. The third kappa shape index (κ3) is 3.83.